The zero-order valence-electron chi connectivity index (χ0n) is 7.43. The van der Waals surface area contributed by atoms with Crippen LogP contribution in [0.2, 0.25) is 0 Å². The zero-order valence-corrected chi connectivity index (χ0v) is 7.43. The van der Waals surface area contributed by atoms with Gasteiger partial charge in [0.05, 0.1) is 0 Å². The molecule has 2 rings (SSSR count). The molecule has 70 valence electrons. The van der Waals surface area contributed by atoms with Crippen LogP contribution in [-0.2, 0) is 0 Å². The number of alkyl halides is 1. The Balaban J connectivity index is 2.04. The van der Waals surface area contributed by atoms with Crippen LogP contribution in [0, 0.1) is 5.92 Å². The third kappa shape index (κ3) is 1.48. The van der Waals surface area contributed by atoms with E-state index in [0.29, 0.717) is 18.8 Å². The highest BCUT2D eigenvalue weighted by Gasteiger charge is 2.38. The van der Waals surface area contributed by atoms with Crippen LogP contribution in [0.4, 0.5) is 4.39 Å². The van der Waals surface area contributed by atoms with Crippen LogP contribution in [-0.4, -0.2) is 36.7 Å². The lowest BCUT2D eigenvalue weighted by molar-refractivity contribution is 0.126. The summed E-state index contributed by atoms with van der Waals surface area (Å²) in [5.41, 5.74) is 4.39. The number of hydrogen-bond acceptors (Lipinski definition) is 2. The smallest absolute Gasteiger partial charge is 0.124 e. The topological polar surface area (TPSA) is 29.3 Å². The van der Waals surface area contributed by atoms with Crippen molar-refractivity contribution in [3.8, 4) is 0 Å². The van der Waals surface area contributed by atoms with E-state index in [9.17, 15) is 4.39 Å². The Hall–Kier alpha value is -0.150. The van der Waals surface area contributed by atoms with Gasteiger partial charge in [0.25, 0.3) is 0 Å². The summed E-state index contributed by atoms with van der Waals surface area (Å²) in [6.07, 6.45) is 2.51. The molecule has 3 heteroatoms. The molecule has 2 bridgehead atoms. The lowest BCUT2D eigenvalue weighted by Crippen LogP contribution is -2.36. The van der Waals surface area contributed by atoms with E-state index >= 15 is 0 Å². The molecule has 0 aromatic heterocycles. The summed E-state index contributed by atoms with van der Waals surface area (Å²) >= 11 is 0. The summed E-state index contributed by atoms with van der Waals surface area (Å²) in [6.45, 7) is 3.39. The molecular weight excluding hydrogens is 155 g/mol. The molecule has 3 unspecified atom stereocenters. The monoisotopic (exact) mass is 172 g/mol. The van der Waals surface area contributed by atoms with Crippen molar-refractivity contribution in [3.63, 3.8) is 0 Å². The molecule has 12 heavy (non-hydrogen) atoms. The second-order valence-electron chi connectivity index (χ2n) is 4.26. The maximum absolute atomic E-state index is 13.9. The van der Waals surface area contributed by atoms with Crippen molar-refractivity contribution in [2.24, 2.45) is 11.7 Å². The number of hydrogen-bond donors (Lipinski definition) is 1. The molecule has 2 saturated heterocycles. The van der Waals surface area contributed by atoms with Crippen molar-refractivity contribution < 1.29 is 4.39 Å². The summed E-state index contributed by atoms with van der Waals surface area (Å²) in [7, 11) is 0. The van der Waals surface area contributed by atoms with Crippen molar-refractivity contribution in [3.05, 3.63) is 0 Å². The van der Waals surface area contributed by atoms with Crippen LogP contribution < -0.4 is 5.73 Å². The first-order valence-corrected chi connectivity index (χ1v) is 4.83. The lowest BCUT2D eigenvalue weighted by Gasteiger charge is -2.25. The van der Waals surface area contributed by atoms with Crippen LogP contribution in [0.5, 0.6) is 0 Å². The van der Waals surface area contributed by atoms with Gasteiger partial charge in [-0.1, -0.05) is 0 Å². The Kier molecular flexibility index (Phi) is 2.09. The Bertz CT molecular complexity index is 174. The number of nitrogens with zero attached hydrogens (tertiary/aromatic N) is 1. The predicted molar refractivity (Wildman–Crippen MR) is 46.7 cm³/mol. The molecule has 2 heterocycles. The SMILES string of the molecule is NCC1(F)CCN2CCC(C2)C1. The fourth-order valence-electron chi connectivity index (χ4n) is 2.45. The molecule has 2 aliphatic rings. The van der Waals surface area contributed by atoms with Crippen molar-refractivity contribution in [1.82, 2.24) is 4.90 Å². The Morgan fingerprint density at radius 2 is 2.33 bits per heavy atom. The average molecular weight is 172 g/mol. The van der Waals surface area contributed by atoms with Gasteiger partial charge in [0.2, 0.25) is 0 Å². The maximum atomic E-state index is 13.9. The highest BCUT2D eigenvalue weighted by Crippen LogP contribution is 2.34. The Labute approximate surface area is 72.9 Å². The molecular formula is C9H17FN2. The summed E-state index contributed by atoms with van der Waals surface area (Å²) in [5, 5.41) is 0. The number of nitrogens with two attached hydrogens (primary N) is 1. The lowest BCUT2D eigenvalue weighted by atomic mass is 9.89. The van der Waals surface area contributed by atoms with Gasteiger partial charge in [-0.3, -0.25) is 0 Å². The van der Waals surface area contributed by atoms with Gasteiger partial charge in [-0.15, -0.1) is 0 Å². The summed E-state index contributed by atoms with van der Waals surface area (Å²) in [5.74, 6) is 0.570. The molecule has 3 atom stereocenters. The minimum atomic E-state index is -1.06. The van der Waals surface area contributed by atoms with Crippen LogP contribution in [0.25, 0.3) is 0 Å². The van der Waals surface area contributed by atoms with Crippen molar-refractivity contribution >= 4 is 0 Å². The van der Waals surface area contributed by atoms with E-state index in [1.165, 1.54) is 13.0 Å². The first-order chi connectivity index (χ1) is 5.72. The fourth-order valence-corrected chi connectivity index (χ4v) is 2.45. The van der Waals surface area contributed by atoms with Gasteiger partial charge in [0.15, 0.2) is 0 Å². The normalized spacial score (nSPS) is 47.5. The van der Waals surface area contributed by atoms with E-state index in [0.717, 1.165) is 13.1 Å². The maximum Gasteiger partial charge on any atom is 0.124 e. The molecule has 2 N–H and O–H groups in total. The third-order valence-corrected chi connectivity index (χ3v) is 3.27. The van der Waals surface area contributed by atoms with E-state index in [1.807, 2.05) is 0 Å². The number of fused-ring (bicyclic) bond motifs is 2. The fraction of sp³-hybridized carbons (Fsp3) is 1.00. The third-order valence-electron chi connectivity index (χ3n) is 3.27. The van der Waals surface area contributed by atoms with Gasteiger partial charge in [-0.05, 0) is 31.7 Å². The Morgan fingerprint density at radius 1 is 1.50 bits per heavy atom. The van der Waals surface area contributed by atoms with Crippen molar-refractivity contribution in [2.45, 2.75) is 24.9 Å². The van der Waals surface area contributed by atoms with Gasteiger partial charge >= 0.3 is 0 Å². The summed E-state index contributed by atoms with van der Waals surface area (Å²) in [4.78, 5) is 2.36. The minimum Gasteiger partial charge on any atom is -0.328 e. The molecule has 0 spiro atoms. The van der Waals surface area contributed by atoms with Crippen LogP contribution >= 0.6 is 0 Å². The molecule has 2 nitrogen and oxygen atoms in total. The molecule has 2 aliphatic heterocycles. The highest BCUT2D eigenvalue weighted by atomic mass is 19.1. The van der Waals surface area contributed by atoms with Gasteiger partial charge in [-0.25, -0.2) is 4.39 Å². The second kappa shape index (κ2) is 2.96. The minimum absolute atomic E-state index is 0.206. The molecule has 0 aromatic rings. The summed E-state index contributed by atoms with van der Waals surface area (Å²) < 4.78 is 13.9. The standard InChI is InChI=1S/C9H17FN2/c10-9(7-11)2-4-12-3-1-8(5-9)6-12/h8H,1-7,11H2. The van der Waals surface area contributed by atoms with Gasteiger partial charge in [-0.2, -0.15) is 0 Å². The van der Waals surface area contributed by atoms with Crippen molar-refractivity contribution in [2.75, 3.05) is 26.2 Å². The van der Waals surface area contributed by atoms with Gasteiger partial charge in [0.1, 0.15) is 5.67 Å². The first-order valence-electron chi connectivity index (χ1n) is 4.83. The van der Waals surface area contributed by atoms with Gasteiger partial charge in [0, 0.05) is 19.6 Å². The van der Waals surface area contributed by atoms with Crippen LogP contribution in [0.1, 0.15) is 19.3 Å². The number of rotatable bonds is 1. The van der Waals surface area contributed by atoms with E-state index in [2.05, 4.69) is 4.90 Å². The zero-order chi connectivity index (χ0) is 8.60. The molecule has 0 saturated carbocycles. The predicted octanol–water partition coefficient (Wildman–Crippen LogP) is 0.769. The molecule has 0 amide bonds. The van der Waals surface area contributed by atoms with E-state index in [1.54, 1.807) is 0 Å². The van der Waals surface area contributed by atoms with E-state index in [-0.39, 0.29) is 6.54 Å². The molecule has 0 aromatic carbocycles. The van der Waals surface area contributed by atoms with E-state index < -0.39 is 5.67 Å². The van der Waals surface area contributed by atoms with Crippen LogP contribution in [0.15, 0.2) is 0 Å². The van der Waals surface area contributed by atoms with Crippen molar-refractivity contribution in [1.29, 1.82) is 0 Å². The quantitative estimate of drug-likeness (QED) is 0.633. The van der Waals surface area contributed by atoms with Gasteiger partial charge < -0.3 is 10.6 Å². The second-order valence-corrected chi connectivity index (χ2v) is 4.26. The largest absolute Gasteiger partial charge is 0.328 e. The summed E-state index contributed by atoms with van der Waals surface area (Å²) in [6, 6.07) is 0. The first kappa shape index (κ1) is 8.45. The number of halogens is 1. The van der Waals surface area contributed by atoms with E-state index in [4.69, 9.17) is 5.73 Å². The molecule has 0 aliphatic carbocycles. The molecule has 2 fully saturated rings. The molecule has 0 radical (unpaired) electrons. The average Bonchev–Trinajstić information content (AvgIpc) is 2.40. The van der Waals surface area contributed by atoms with Crippen LogP contribution in [0.3, 0.4) is 0 Å². The highest BCUT2D eigenvalue weighted by molar-refractivity contribution is 4.92. The Morgan fingerprint density at radius 3 is 3.08 bits per heavy atom.